The zero-order valence-electron chi connectivity index (χ0n) is 14.5. The first-order valence-electron chi connectivity index (χ1n) is 8.31. The predicted octanol–water partition coefficient (Wildman–Crippen LogP) is 3.84. The Hall–Kier alpha value is -3.25. The van der Waals surface area contributed by atoms with E-state index in [9.17, 15) is 9.59 Å². The van der Waals surface area contributed by atoms with E-state index in [-0.39, 0.29) is 5.91 Å². The minimum Gasteiger partial charge on any atom is -0.399 e. The Morgan fingerprint density at radius 3 is 2.07 bits per heavy atom. The van der Waals surface area contributed by atoms with Gasteiger partial charge in [0.25, 0.3) is 0 Å². The summed E-state index contributed by atoms with van der Waals surface area (Å²) in [5.41, 5.74) is 13.6. The lowest BCUT2D eigenvalue weighted by Gasteiger charge is -2.17. The van der Waals surface area contributed by atoms with Crippen LogP contribution in [0.15, 0.2) is 83.8 Å². The summed E-state index contributed by atoms with van der Waals surface area (Å²) >= 11 is 1.44. The third-order valence-electron chi connectivity index (χ3n) is 3.91. The van der Waals surface area contributed by atoms with Gasteiger partial charge in [0.2, 0.25) is 11.8 Å². The molecule has 1 atom stereocenters. The highest BCUT2D eigenvalue weighted by molar-refractivity contribution is 8.00. The summed E-state index contributed by atoms with van der Waals surface area (Å²) in [6, 6.07) is 23.5. The van der Waals surface area contributed by atoms with Gasteiger partial charge in [-0.2, -0.15) is 0 Å². The van der Waals surface area contributed by atoms with Gasteiger partial charge in [0, 0.05) is 21.8 Å². The minimum atomic E-state index is -0.506. The summed E-state index contributed by atoms with van der Waals surface area (Å²) in [7, 11) is 0. The number of rotatable bonds is 6. The average molecular weight is 377 g/mol. The number of primary amides is 1. The van der Waals surface area contributed by atoms with Crippen molar-refractivity contribution in [2.24, 2.45) is 5.73 Å². The van der Waals surface area contributed by atoms with Gasteiger partial charge in [0.15, 0.2) is 0 Å². The molecule has 0 saturated heterocycles. The van der Waals surface area contributed by atoms with E-state index < -0.39 is 11.2 Å². The molecule has 0 aliphatic rings. The van der Waals surface area contributed by atoms with Gasteiger partial charge in [-0.3, -0.25) is 9.59 Å². The monoisotopic (exact) mass is 377 g/mol. The van der Waals surface area contributed by atoms with Crippen molar-refractivity contribution in [2.45, 2.75) is 10.1 Å². The Balaban J connectivity index is 1.82. The average Bonchev–Trinajstić information content (AvgIpc) is 2.68. The zero-order valence-corrected chi connectivity index (χ0v) is 15.3. The maximum absolute atomic E-state index is 13.0. The molecule has 6 heteroatoms. The van der Waals surface area contributed by atoms with Crippen LogP contribution in [0, 0.1) is 0 Å². The molecule has 0 radical (unpaired) electrons. The van der Waals surface area contributed by atoms with Crippen molar-refractivity contribution in [3.8, 4) is 0 Å². The van der Waals surface area contributed by atoms with Crippen LogP contribution in [0.4, 0.5) is 11.4 Å². The minimum absolute atomic E-state index is 0.158. The van der Waals surface area contributed by atoms with Crippen molar-refractivity contribution >= 4 is 35.0 Å². The molecular formula is C21H19N3O2S. The molecule has 2 amide bonds. The first-order valence-corrected chi connectivity index (χ1v) is 9.19. The number of carbonyl (C=O) groups is 2. The van der Waals surface area contributed by atoms with Gasteiger partial charge in [-0.1, -0.05) is 30.3 Å². The van der Waals surface area contributed by atoms with Crippen LogP contribution in [-0.2, 0) is 4.79 Å². The van der Waals surface area contributed by atoms with Crippen LogP contribution in [0.2, 0.25) is 0 Å². The Bertz CT molecular complexity index is 926. The smallest absolute Gasteiger partial charge is 0.248 e. The Morgan fingerprint density at radius 1 is 0.852 bits per heavy atom. The molecule has 0 aliphatic heterocycles. The topological polar surface area (TPSA) is 98.2 Å². The molecule has 0 aliphatic carbocycles. The van der Waals surface area contributed by atoms with Crippen LogP contribution < -0.4 is 16.8 Å². The lowest BCUT2D eigenvalue weighted by molar-refractivity contribution is -0.115. The number of anilines is 2. The molecule has 3 aromatic carbocycles. The van der Waals surface area contributed by atoms with E-state index in [0.717, 1.165) is 10.5 Å². The predicted molar refractivity (Wildman–Crippen MR) is 109 cm³/mol. The Kier molecular flexibility index (Phi) is 5.78. The first-order chi connectivity index (χ1) is 13.0. The highest BCUT2D eigenvalue weighted by Crippen LogP contribution is 2.36. The van der Waals surface area contributed by atoms with Crippen LogP contribution in [0.25, 0.3) is 0 Å². The number of amides is 2. The van der Waals surface area contributed by atoms with Crippen LogP contribution in [0.3, 0.4) is 0 Å². The van der Waals surface area contributed by atoms with Gasteiger partial charge in [0.1, 0.15) is 5.25 Å². The third kappa shape index (κ3) is 4.89. The van der Waals surface area contributed by atoms with Gasteiger partial charge < -0.3 is 16.8 Å². The number of nitrogens with one attached hydrogen (secondary N) is 1. The van der Waals surface area contributed by atoms with Crippen LogP contribution in [0.5, 0.6) is 0 Å². The van der Waals surface area contributed by atoms with E-state index in [2.05, 4.69) is 5.32 Å². The number of nitrogens with two attached hydrogens (primary N) is 2. The fraction of sp³-hybridized carbons (Fsp3) is 0.0476. The SMILES string of the molecule is NC(=O)c1ccc(NC(=O)C(Sc2ccc(N)cc2)c2ccccc2)cc1. The number of carbonyl (C=O) groups excluding carboxylic acids is 2. The summed E-state index contributed by atoms with van der Waals surface area (Å²) in [5.74, 6) is -0.663. The molecule has 5 nitrogen and oxygen atoms in total. The molecule has 3 aromatic rings. The highest BCUT2D eigenvalue weighted by atomic mass is 32.2. The molecular weight excluding hydrogens is 358 g/mol. The molecule has 0 fully saturated rings. The van der Waals surface area contributed by atoms with Crippen LogP contribution in [-0.4, -0.2) is 11.8 Å². The maximum atomic E-state index is 13.0. The summed E-state index contributed by atoms with van der Waals surface area (Å²) in [5, 5.41) is 2.46. The van der Waals surface area contributed by atoms with E-state index >= 15 is 0 Å². The largest absolute Gasteiger partial charge is 0.399 e. The lowest BCUT2D eigenvalue weighted by Crippen LogP contribution is -2.19. The van der Waals surface area contributed by atoms with Crippen molar-refractivity contribution in [3.63, 3.8) is 0 Å². The van der Waals surface area contributed by atoms with E-state index in [1.807, 2.05) is 54.6 Å². The zero-order chi connectivity index (χ0) is 19.2. The molecule has 0 heterocycles. The number of thioether (sulfide) groups is 1. The normalized spacial score (nSPS) is 11.6. The number of hydrogen-bond acceptors (Lipinski definition) is 4. The van der Waals surface area contributed by atoms with Crippen molar-refractivity contribution in [1.82, 2.24) is 0 Å². The number of hydrogen-bond donors (Lipinski definition) is 3. The van der Waals surface area contributed by atoms with Gasteiger partial charge >= 0.3 is 0 Å². The summed E-state index contributed by atoms with van der Waals surface area (Å²) < 4.78 is 0. The quantitative estimate of drug-likeness (QED) is 0.449. The molecule has 3 rings (SSSR count). The maximum Gasteiger partial charge on any atom is 0.248 e. The second kappa shape index (κ2) is 8.42. The second-order valence-corrected chi connectivity index (χ2v) is 7.09. The molecule has 0 saturated carbocycles. The number of nitrogen functional groups attached to an aromatic ring is 1. The molecule has 0 spiro atoms. The highest BCUT2D eigenvalue weighted by Gasteiger charge is 2.22. The summed E-state index contributed by atoms with van der Waals surface area (Å²) in [6.07, 6.45) is 0. The fourth-order valence-electron chi connectivity index (χ4n) is 2.51. The molecule has 27 heavy (non-hydrogen) atoms. The number of benzene rings is 3. The third-order valence-corrected chi connectivity index (χ3v) is 5.18. The molecule has 136 valence electrons. The van der Waals surface area contributed by atoms with Crippen LogP contribution >= 0.6 is 11.8 Å². The first kappa shape index (κ1) is 18.5. The van der Waals surface area contributed by atoms with Gasteiger partial charge in [-0.25, -0.2) is 0 Å². The second-order valence-electron chi connectivity index (χ2n) is 5.91. The molecule has 5 N–H and O–H groups in total. The Labute approximate surface area is 161 Å². The standard InChI is InChI=1S/C21H19N3O2S/c22-16-8-12-18(13-9-16)27-19(14-4-2-1-3-5-14)21(26)24-17-10-6-15(7-11-17)20(23)25/h1-13,19H,22H2,(H2,23,25)(H,24,26). The molecule has 0 aromatic heterocycles. The van der Waals surface area contributed by atoms with E-state index in [4.69, 9.17) is 11.5 Å². The molecule has 1 unspecified atom stereocenters. The van der Waals surface area contributed by atoms with Gasteiger partial charge in [-0.15, -0.1) is 11.8 Å². The van der Waals surface area contributed by atoms with Crippen molar-refractivity contribution in [3.05, 3.63) is 90.0 Å². The van der Waals surface area contributed by atoms with Crippen molar-refractivity contribution in [2.75, 3.05) is 11.1 Å². The Morgan fingerprint density at radius 2 is 1.48 bits per heavy atom. The van der Waals surface area contributed by atoms with Crippen molar-refractivity contribution in [1.29, 1.82) is 0 Å². The molecule has 0 bridgehead atoms. The van der Waals surface area contributed by atoms with E-state index in [1.165, 1.54) is 11.8 Å². The summed E-state index contributed by atoms with van der Waals surface area (Å²) in [4.78, 5) is 25.1. The lowest BCUT2D eigenvalue weighted by atomic mass is 10.1. The van der Waals surface area contributed by atoms with Crippen molar-refractivity contribution < 1.29 is 9.59 Å². The van der Waals surface area contributed by atoms with Gasteiger partial charge in [-0.05, 0) is 54.1 Å². The van der Waals surface area contributed by atoms with E-state index in [0.29, 0.717) is 16.9 Å². The fourth-order valence-corrected chi connectivity index (χ4v) is 3.53. The summed E-state index contributed by atoms with van der Waals surface area (Å²) in [6.45, 7) is 0. The van der Waals surface area contributed by atoms with Gasteiger partial charge in [0.05, 0.1) is 0 Å². The van der Waals surface area contributed by atoms with E-state index in [1.54, 1.807) is 24.3 Å². The van der Waals surface area contributed by atoms with Crippen LogP contribution in [0.1, 0.15) is 21.2 Å².